The predicted octanol–water partition coefficient (Wildman–Crippen LogP) is 2.07. The summed E-state index contributed by atoms with van der Waals surface area (Å²) >= 11 is 0. The summed E-state index contributed by atoms with van der Waals surface area (Å²) in [5.74, 6) is -1.01. The second kappa shape index (κ2) is 8.24. The van der Waals surface area contributed by atoms with E-state index in [0.717, 1.165) is 19.3 Å². The number of esters is 1. The number of nitrogens with one attached hydrogen (secondary N) is 2. The third-order valence-electron chi connectivity index (χ3n) is 3.22. The molecule has 1 rings (SSSR count). The van der Waals surface area contributed by atoms with Crippen molar-refractivity contribution in [2.75, 3.05) is 7.11 Å². The molecule has 0 aliphatic carbocycles. The first-order chi connectivity index (χ1) is 9.99. The van der Waals surface area contributed by atoms with Crippen molar-refractivity contribution in [2.24, 2.45) is 0 Å². The minimum Gasteiger partial charge on any atom is -0.467 e. The van der Waals surface area contributed by atoms with Crippen LogP contribution < -0.4 is 5.32 Å². The highest BCUT2D eigenvalue weighted by Crippen LogP contribution is 2.08. The number of hydrogen-bond acceptors (Lipinski definition) is 4. The molecule has 6 heteroatoms. The van der Waals surface area contributed by atoms with Gasteiger partial charge in [0.1, 0.15) is 11.7 Å². The Labute approximate surface area is 124 Å². The molecule has 1 heterocycles. The molecular formula is C15H22N2O4. The van der Waals surface area contributed by atoms with Crippen LogP contribution in [0.5, 0.6) is 0 Å². The number of ketones is 1. The van der Waals surface area contributed by atoms with E-state index in [1.54, 1.807) is 0 Å². The lowest BCUT2D eigenvalue weighted by atomic mass is 10.1. The van der Waals surface area contributed by atoms with E-state index in [-0.39, 0.29) is 11.5 Å². The fraction of sp³-hybridized carbons (Fsp3) is 0.533. The summed E-state index contributed by atoms with van der Waals surface area (Å²) in [7, 11) is 1.30. The van der Waals surface area contributed by atoms with Gasteiger partial charge >= 0.3 is 5.97 Å². The van der Waals surface area contributed by atoms with Crippen LogP contribution >= 0.6 is 0 Å². The average Bonchev–Trinajstić information content (AvgIpc) is 2.95. The summed E-state index contributed by atoms with van der Waals surface area (Å²) in [6.45, 7) is 3.49. The molecule has 0 unspecified atom stereocenters. The predicted molar refractivity (Wildman–Crippen MR) is 78.2 cm³/mol. The maximum absolute atomic E-state index is 12.1. The zero-order valence-electron chi connectivity index (χ0n) is 12.7. The van der Waals surface area contributed by atoms with Crippen LogP contribution in [0.1, 0.15) is 60.4 Å². The van der Waals surface area contributed by atoms with E-state index < -0.39 is 17.9 Å². The van der Waals surface area contributed by atoms with Crippen LogP contribution in [-0.4, -0.2) is 35.8 Å². The van der Waals surface area contributed by atoms with Crippen molar-refractivity contribution in [1.82, 2.24) is 10.3 Å². The number of H-pyrrole nitrogens is 1. The van der Waals surface area contributed by atoms with Gasteiger partial charge in [-0.3, -0.25) is 9.59 Å². The monoisotopic (exact) mass is 294 g/mol. The largest absolute Gasteiger partial charge is 0.467 e. The number of amides is 1. The van der Waals surface area contributed by atoms with E-state index in [1.807, 2.05) is 0 Å². The van der Waals surface area contributed by atoms with Crippen molar-refractivity contribution in [3.05, 3.63) is 23.5 Å². The normalized spacial score (nSPS) is 11.8. The fourth-order valence-corrected chi connectivity index (χ4v) is 1.95. The molecule has 0 aromatic carbocycles. The molecule has 116 valence electrons. The Hall–Kier alpha value is -2.11. The lowest BCUT2D eigenvalue weighted by molar-refractivity contribution is -0.143. The summed E-state index contributed by atoms with van der Waals surface area (Å²) in [6.07, 6.45) is 4.86. The van der Waals surface area contributed by atoms with Gasteiger partial charge in [-0.1, -0.05) is 26.2 Å². The van der Waals surface area contributed by atoms with Gasteiger partial charge in [0.2, 0.25) is 0 Å². The van der Waals surface area contributed by atoms with Crippen LogP contribution in [0, 0.1) is 0 Å². The quantitative estimate of drug-likeness (QED) is 0.436. The molecule has 21 heavy (non-hydrogen) atoms. The molecule has 1 aromatic heterocycles. The van der Waals surface area contributed by atoms with Gasteiger partial charge < -0.3 is 15.0 Å². The van der Waals surface area contributed by atoms with Crippen molar-refractivity contribution in [1.29, 1.82) is 0 Å². The van der Waals surface area contributed by atoms with Crippen LogP contribution in [0.2, 0.25) is 0 Å². The van der Waals surface area contributed by atoms with E-state index in [4.69, 9.17) is 4.74 Å². The minimum absolute atomic E-state index is 0.127. The molecule has 0 bridgehead atoms. The molecule has 0 saturated heterocycles. The Bertz CT molecular complexity index is 508. The molecule has 0 radical (unpaired) electrons. The number of aromatic amines is 1. The lowest BCUT2D eigenvalue weighted by Crippen LogP contribution is -2.41. The summed E-state index contributed by atoms with van der Waals surface area (Å²) in [6, 6.07) is 0.802. The zero-order valence-corrected chi connectivity index (χ0v) is 12.7. The number of carbonyl (C=O) groups excluding carboxylic acids is 3. The highest BCUT2D eigenvalue weighted by atomic mass is 16.5. The number of methoxy groups -OCH3 is 1. The number of hydrogen-bond donors (Lipinski definition) is 2. The Morgan fingerprint density at radius 2 is 2.05 bits per heavy atom. The summed E-state index contributed by atoms with van der Waals surface area (Å²) in [5, 5.41) is 2.64. The number of Topliss-reactive ketones (excluding diaryl/α,β-unsaturated/α-hetero) is 1. The number of carbonyl (C=O) groups is 3. The molecule has 0 aliphatic rings. The number of rotatable bonds is 8. The lowest BCUT2D eigenvalue weighted by Gasteiger charge is -2.15. The van der Waals surface area contributed by atoms with Gasteiger partial charge in [-0.25, -0.2) is 4.79 Å². The molecular weight excluding hydrogens is 272 g/mol. The molecule has 1 atom stereocenters. The number of ether oxygens (including phenoxy) is 1. The highest BCUT2D eigenvalue weighted by molar-refractivity contribution is 6.00. The Balaban J connectivity index is 2.69. The first-order valence-electron chi connectivity index (χ1n) is 7.07. The van der Waals surface area contributed by atoms with Gasteiger partial charge in [0, 0.05) is 11.8 Å². The van der Waals surface area contributed by atoms with Crippen LogP contribution in [0.3, 0.4) is 0 Å². The van der Waals surface area contributed by atoms with Crippen LogP contribution in [0.4, 0.5) is 0 Å². The summed E-state index contributed by atoms with van der Waals surface area (Å²) in [5.41, 5.74) is 0.686. The van der Waals surface area contributed by atoms with Crippen LogP contribution in [0.15, 0.2) is 12.3 Å². The number of aromatic nitrogens is 1. The fourth-order valence-electron chi connectivity index (χ4n) is 1.95. The van der Waals surface area contributed by atoms with Crippen molar-refractivity contribution in [3.63, 3.8) is 0 Å². The smallest absolute Gasteiger partial charge is 0.328 e. The van der Waals surface area contributed by atoms with Gasteiger partial charge in [-0.2, -0.15) is 0 Å². The second-order valence-corrected chi connectivity index (χ2v) is 4.90. The van der Waals surface area contributed by atoms with Gasteiger partial charge in [0.15, 0.2) is 5.78 Å². The van der Waals surface area contributed by atoms with E-state index in [1.165, 1.54) is 26.3 Å². The summed E-state index contributed by atoms with van der Waals surface area (Å²) < 4.78 is 4.71. The summed E-state index contributed by atoms with van der Waals surface area (Å²) in [4.78, 5) is 37.7. The molecule has 1 aromatic rings. The maximum atomic E-state index is 12.1. The zero-order chi connectivity index (χ0) is 15.8. The molecule has 0 aliphatic heterocycles. The molecule has 6 nitrogen and oxygen atoms in total. The molecule has 2 N–H and O–H groups in total. The molecule has 0 spiro atoms. The van der Waals surface area contributed by atoms with Gasteiger partial charge in [-0.05, 0) is 19.4 Å². The molecule has 0 saturated carbocycles. The Morgan fingerprint density at radius 3 is 2.57 bits per heavy atom. The van der Waals surface area contributed by atoms with E-state index >= 15 is 0 Å². The third-order valence-corrected chi connectivity index (χ3v) is 3.22. The minimum atomic E-state index is -0.668. The van der Waals surface area contributed by atoms with E-state index in [0.29, 0.717) is 12.0 Å². The molecule has 0 fully saturated rings. The third kappa shape index (κ3) is 5.06. The van der Waals surface area contributed by atoms with Gasteiger partial charge in [0.05, 0.1) is 7.11 Å². The van der Waals surface area contributed by atoms with Crippen LogP contribution in [0.25, 0.3) is 0 Å². The van der Waals surface area contributed by atoms with Crippen molar-refractivity contribution < 1.29 is 19.1 Å². The topological polar surface area (TPSA) is 88.3 Å². The Morgan fingerprint density at radius 1 is 1.33 bits per heavy atom. The number of unbranched alkanes of at least 4 members (excludes halogenated alkanes) is 2. The van der Waals surface area contributed by atoms with E-state index in [2.05, 4.69) is 17.2 Å². The second-order valence-electron chi connectivity index (χ2n) is 4.90. The Kier molecular flexibility index (Phi) is 6.65. The van der Waals surface area contributed by atoms with Crippen molar-refractivity contribution in [2.45, 2.75) is 45.6 Å². The first kappa shape index (κ1) is 16.9. The first-order valence-corrected chi connectivity index (χ1v) is 7.07. The van der Waals surface area contributed by atoms with Gasteiger partial charge in [0.25, 0.3) is 5.91 Å². The van der Waals surface area contributed by atoms with E-state index in [9.17, 15) is 14.4 Å². The average molecular weight is 294 g/mol. The SMILES string of the molecule is CCCCC[C@@H](NC(=O)c1cc(C(C)=O)c[nH]1)C(=O)OC. The van der Waals surface area contributed by atoms with Crippen LogP contribution in [-0.2, 0) is 9.53 Å². The standard InChI is InChI=1S/C15H22N2O4/c1-4-5-6-7-12(15(20)21-3)17-14(19)13-8-11(9-16-13)10(2)18/h8-9,12,16H,4-7H2,1-3H3,(H,17,19)/t12-/m1/s1. The van der Waals surface area contributed by atoms with Crippen molar-refractivity contribution >= 4 is 17.7 Å². The maximum Gasteiger partial charge on any atom is 0.328 e. The molecule has 1 amide bonds. The van der Waals surface area contributed by atoms with Crippen molar-refractivity contribution in [3.8, 4) is 0 Å². The highest BCUT2D eigenvalue weighted by Gasteiger charge is 2.22. The van der Waals surface area contributed by atoms with Gasteiger partial charge in [-0.15, -0.1) is 0 Å².